The molecule has 10 nitrogen and oxygen atoms in total. The van der Waals surface area contributed by atoms with E-state index < -0.39 is 16.0 Å². The Kier molecular flexibility index (Phi) is 8.77. The Balaban J connectivity index is 1.93. The van der Waals surface area contributed by atoms with Gasteiger partial charge in [-0.25, -0.2) is 22.2 Å². The van der Waals surface area contributed by atoms with Crippen LogP contribution >= 0.6 is 0 Å². The molecule has 0 spiro atoms. The van der Waals surface area contributed by atoms with E-state index in [1.165, 1.54) is 11.4 Å². The summed E-state index contributed by atoms with van der Waals surface area (Å²) in [5, 5.41) is 5.75. The van der Waals surface area contributed by atoms with Crippen LogP contribution in [0.15, 0.2) is 65.6 Å². The van der Waals surface area contributed by atoms with Gasteiger partial charge in [-0.15, -0.1) is 0 Å². The number of aromatic nitrogens is 2. The van der Waals surface area contributed by atoms with Crippen molar-refractivity contribution in [2.75, 3.05) is 55.6 Å². The van der Waals surface area contributed by atoms with E-state index in [0.717, 1.165) is 6.54 Å². The molecule has 0 aliphatic rings. The molecule has 0 unspecified atom stereocenters. The van der Waals surface area contributed by atoms with Crippen molar-refractivity contribution in [3.63, 3.8) is 0 Å². The number of hydrogen-bond donors (Lipinski definition) is 0. The van der Waals surface area contributed by atoms with Crippen LogP contribution in [0.4, 0.5) is 0 Å². The summed E-state index contributed by atoms with van der Waals surface area (Å²) in [6.45, 7) is 1.16. The molecule has 0 amide bonds. The van der Waals surface area contributed by atoms with Gasteiger partial charge in [0.05, 0.1) is 43.2 Å². The maximum atomic E-state index is 13.7. The second-order valence-corrected chi connectivity index (χ2v) is 11.5. The van der Waals surface area contributed by atoms with Gasteiger partial charge in [0, 0.05) is 24.4 Å². The van der Waals surface area contributed by atoms with E-state index in [1.54, 1.807) is 74.5 Å². The number of nitrogens with zero attached hydrogens (tertiary/aromatic N) is 4. The number of benzene rings is 3. The Hall–Kier alpha value is -3.93. The molecule has 0 bridgehead atoms. The van der Waals surface area contributed by atoms with Crippen molar-refractivity contribution in [1.82, 2.24) is 19.0 Å². The lowest BCUT2D eigenvalue weighted by molar-refractivity contribution is 0.0593. The quantitative estimate of drug-likeness (QED) is 0.251. The molecule has 0 saturated carbocycles. The fraction of sp³-hybridized carbons (Fsp3) is 0.310. The summed E-state index contributed by atoms with van der Waals surface area (Å²) in [5.74, 6) is 0.413. The molecule has 0 fully saturated rings. The summed E-state index contributed by atoms with van der Waals surface area (Å²) >= 11 is 0. The maximum Gasteiger partial charge on any atom is 0.358 e. The number of hydrogen-bond acceptors (Lipinski definition) is 8. The van der Waals surface area contributed by atoms with Gasteiger partial charge in [-0.1, -0.05) is 30.3 Å². The maximum absolute atomic E-state index is 13.7. The number of methoxy groups -OCH3 is 3. The van der Waals surface area contributed by atoms with Crippen LogP contribution in [-0.4, -0.2) is 88.9 Å². The minimum Gasteiger partial charge on any atom is -0.496 e. The third-order valence-electron chi connectivity index (χ3n) is 6.64. The van der Waals surface area contributed by atoms with Gasteiger partial charge < -0.3 is 19.1 Å². The second-order valence-electron chi connectivity index (χ2n) is 9.47. The zero-order valence-electron chi connectivity index (χ0n) is 23.5. The van der Waals surface area contributed by atoms with Gasteiger partial charge in [0.25, 0.3) is 0 Å². The third-order valence-corrected chi connectivity index (χ3v) is 8.56. The predicted octanol–water partition coefficient (Wildman–Crippen LogP) is 4.07. The molecule has 0 radical (unpaired) electrons. The van der Waals surface area contributed by atoms with Crippen LogP contribution in [0, 0.1) is 0 Å². The Bertz CT molecular complexity index is 1610. The average molecular weight is 567 g/mol. The number of fused-ring (bicyclic) bond motifs is 1. The molecule has 40 heavy (non-hydrogen) atoms. The zero-order chi connectivity index (χ0) is 29.0. The minimum atomic E-state index is -3.79. The van der Waals surface area contributed by atoms with Gasteiger partial charge in [0.2, 0.25) is 10.0 Å². The first-order valence-corrected chi connectivity index (χ1v) is 14.1. The molecule has 11 heteroatoms. The van der Waals surface area contributed by atoms with E-state index in [2.05, 4.69) is 5.10 Å². The van der Waals surface area contributed by atoms with Gasteiger partial charge >= 0.3 is 5.97 Å². The lowest BCUT2D eigenvalue weighted by atomic mass is 10.1. The van der Waals surface area contributed by atoms with E-state index >= 15 is 0 Å². The lowest BCUT2D eigenvalue weighted by Gasteiger charge is -2.21. The molecule has 3 aromatic carbocycles. The van der Waals surface area contributed by atoms with Crippen molar-refractivity contribution in [2.45, 2.75) is 11.3 Å². The summed E-state index contributed by atoms with van der Waals surface area (Å²) in [6.07, 6.45) is 0.701. The normalized spacial score (nSPS) is 11.8. The molecule has 4 rings (SSSR count). The number of esters is 1. The van der Waals surface area contributed by atoms with Crippen LogP contribution in [0.2, 0.25) is 0 Å². The molecule has 0 saturated heterocycles. The third kappa shape index (κ3) is 5.53. The largest absolute Gasteiger partial charge is 0.496 e. The highest BCUT2D eigenvalue weighted by Gasteiger charge is 2.27. The summed E-state index contributed by atoms with van der Waals surface area (Å²) in [5.41, 5.74) is 1.74. The van der Waals surface area contributed by atoms with E-state index in [4.69, 9.17) is 14.2 Å². The summed E-state index contributed by atoms with van der Waals surface area (Å²) in [7, 11) is 6.09. The lowest BCUT2D eigenvalue weighted by Crippen LogP contribution is -2.30. The van der Waals surface area contributed by atoms with Gasteiger partial charge in [-0.2, -0.15) is 5.10 Å². The fourth-order valence-corrected chi connectivity index (χ4v) is 6.01. The molecule has 0 atom stereocenters. The first-order valence-electron chi connectivity index (χ1n) is 12.7. The number of carbonyl (C=O) groups is 1. The highest BCUT2D eigenvalue weighted by Crippen LogP contribution is 2.41. The van der Waals surface area contributed by atoms with Crippen molar-refractivity contribution in [3.8, 4) is 28.4 Å². The molecule has 0 aliphatic heterocycles. The van der Waals surface area contributed by atoms with Gasteiger partial charge in [-0.3, -0.25) is 0 Å². The fourth-order valence-electron chi connectivity index (χ4n) is 4.61. The molecular formula is C29H34N4O6S. The van der Waals surface area contributed by atoms with Crippen molar-refractivity contribution in [1.29, 1.82) is 0 Å². The second kappa shape index (κ2) is 12.1. The Morgan fingerprint density at radius 3 is 2.12 bits per heavy atom. The summed E-state index contributed by atoms with van der Waals surface area (Å²) in [6, 6.07) is 17.5. The molecule has 1 aromatic heterocycles. The minimum absolute atomic E-state index is 0.0758. The molecule has 212 valence electrons. The number of carbonyl (C=O) groups excluding carboxylic acids is 1. The monoisotopic (exact) mass is 566 g/mol. The van der Waals surface area contributed by atoms with Crippen LogP contribution in [0.3, 0.4) is 0 Å². The highest BCUT2D eigenvalue weighted by atomic mass is 32.2. The first kappa shape index (κ1) is 29.1. The Morgan fingerprint density at radius 2 is 1.52 bits per heavy atom. The Morgan fingerprint density at radius 1 is 0.875 bits per heavy atom. The number of rotatable bonds is 11. The SMILES string of the molecule is COC(=O)c1cc(-c2c(OC)cccc2OC)n(-c2ccc(S(=O)(=O)N(C)CCCN(C)C)c3ccccc23)n1. The smallest absolute Gasteiger partial charge is 0.358 e. The van der Waals surface area contributed by atoms with E-state index in [0.29, 0.717) is 52.2 Å². The highest BCUT2D eigenvalue weighted by molar-refractivity contribution is 7.89. The van der Waals surface area contributed by atoms with Crippen molar-refractivity contribution >= 4 is 26.8 Å². The molecule has 0 N–H and O–H groups in total. The van der Waals surface area contributed by atoms with Crippen LogP contribution < -0.4 is 9.47 Å². The van der Waals surface area contributed by atoms with Gasteiger partial charge in [-0.05, 0) is 57.4 Å². The topological polar surface area (TPSA) is 103 Å². The summed E-state index contributed by atoms with van der Waals surface area (Å²) in [4.78, 5) is 14.8. The number of ether oxygens (including phenoxy) is 3. The molecule has 1 heterocycles. The standard InChI is InChI=1S/C29H34N4O6S/c1-31(2)17-10-18-32(3)40(35,36)27-16-15-23(20-11-7-8-12-21(20)27)33-24(19-22(30-33)29(34)39-6)28-25(37-4)13-9-14-26(28)38-5/h7-9,11-16,19H,10,17-18H2,1-6H3. The molecule has 0 aliphatic carbocycles. The predicted molar refractivity (Wildman–Crippen MR) is 154 cm³/mol. The van der Waals surface area contributed by atoms with Crippen LogP contribution in [0.25, 0.3) is 27.7 Å². The van der Waals surface area contributed by atoms with Crippen LogP contribution in [0.1, 0.15) is 16.9 Å². The van der Waals surface area contributed by atoms with E-state index in [1.807, 2.05) is 31.1 Å². The van der Waals surface area contributed by atoms with Crippen LogP contribution in [-0.2, 0) is 14.8 Å². The van der Waals surface area contributed by atoms with Crippen LogP contribution in [0.5, 0.6) is 11.5 Å². The zero-order valence-corrected chi connectivity index (χ0v) is 24.4. The van der Waals surface area contributed by atoms with Gasteiger partial charge in [0.15, 0.2) is 5.69 Å². The van der Waals surface area contributed by atoms with Crippen molar-refractivity contribution < 1.29 is 27.4 Å². The van der Waals surface area contributed by atoms with Crippen molar-refractivity contribution in [3.05, 3.63) is 66.4 Å². The van der Waals surface area contributed by atoms with Gasteiger partial charge in [0.1, 0.15) is 11.5 Å². The van der Waals surface area contributed by atoms with E-state index in [9.17, 15) is 13.2 Å². The van der Waals surface area contributed by atoms with E-state index in [-0.39, 0.29) is 10.6 Å². The molecule has 4 aromatic rings. The molecular weight excluding hydrogens is 532 g/mol. The average Bonchev–Trinajstić information content (AvgIpc) is 3.40. The Labute approximate surface area is 234 Å². The van der Waals surface area contributed by atoms with Crippen molar-refractivity contribution in [2.24, 2.45) is 0 Å². The number of sulfonamides is 1. The first-order chi connectivity index (χ1) is 19.1. The summed E-state index contributed by atoms with van der Waals surface area (Å²) < 4.78 is 46.5.